The molecule has 2 aromatic rings. The normalized spacial score (nSPS) is 11.4. The van der Waals surface area contributed by atoms with Crippen LogP contribution in [0.3, 0.4) is 0 Å². The molecule has 6 heteroatoms. The lowest BCUT2D eigenvalue weighted by atomic mass is 10.2. The Balaban J connectivity index is 2.11. The van der Waals surface area contributed by atoms with E-state index in [1.807, 2.05) is 35.9 Å². The van der Waals surface area contributed by atoms with E-state index in [2.05, 4.69) is 9.71 Å². The molecule has 0 unspecified atom stereocenters. The lowest BCUT2D eigenvalue weighted by Crippen LogP contribution is -2.16. The van der Waals surface area contributed by atoms with Crippen molar-refractivity contribution in [3.63, 3.8) is 0 Å². The molecule has 0 bridgehead atoms. The van der Waals surface area contributed by atoms with Gasteiger partial charge in [-0.1, -0.05) is 19.1 Å². The Hall–Kier alpha value is -1.82. The average molecular weight is 279 g/mol. The molecule has 0 amide bonds. The third-order valence-corrected chi connectivity index (χ3v) is 4.09. The Morgan fingerprint density at radius 3 is 2.89 bits per heavy atom. The second kappa shape index (κ2) is 5.88. The van der Waals surface area contributed by atoms with E-state index in [1.165, 1.54) is 0 Å². The minimum atomic E-state index is -3.23. The summed E-state index contributed by atoms with van der Waals surface area (Å²) in [4.78, 5) is 3.98. The van der Waals surface area contributed by atoms with Crippen LogP contribution in [0.4, 0.5) is 5.69 Å². The second-order valence-corrected chi connectivity index (χ2v) is 6.20. The first-order valence-corrected chi connectivity index (χ1v) is 7.79. The van der Waals surface area contributed by atoms with E-state index < -0.39 is 10.0 Å². The van der Waals surface area contributed by atoms with Gasteiger partial charge < -0.3 is 4.57 Å². The zero-order valence-electron chi connectivity index (χ0n) is 10.8. The summed E-state index contributed by atoms with van der Waals surface area (Å²) in [6.45, 7) is 2.51. The van der Waals surface area contributed by atoms with Gasteiger partial charge in [-0.05, 0) is 24.1 Å². The van der Waals surface area contributed by atoms with E-state index in [9.17, 15) is 8.42 Å². The molecule has 0 radical (unpaired) electrons. The monoisotopic (exact) mass is 279 g/mol. The van der Waals surface area contributed by atoms with Crippen molar-refractivity contribution in [3.8, 4) is 0 Å². The van der Waals surface area contributed by atoms with Crippen LogP contribution < -0.4 is 4.72 Å². The van der Waals surface area contributed by atoms with Crippen LogP contribution in [0.1, 0.15) is 18.9 Å². The predicted molar refractivity (Wildman–Crippen MR) is 75.5 cm³/mol. The van der Waals surface area contributed by atoms with E-state index in [-0.39, 0.29) is 5.75 Å². The van der Waals surface area contributed by atoms with Gasteiger partial charge in [-0.25, -0.2) is 13.4 Å². The van der Waals surface area contributed by atoms with Crippen LogP contribution in [0, 0.1) is 0 Å². The number of nitrogens with zero attached hydrogens (tertiary/aromatic N) is 2. The van der Waals surface area contributed by atoms with E-state index in [0.717, 1.165) is 5.56 Å². The number of benzene rings is 1. The van der Waals surface area contributed by atoms with Crippen molar-refractivity contribution in [1.82, 2.24) is 9.55 Å². The summed E-state index contributed by atoms with van der Waals surface area (Å²) >= 11 is 0. The molecule has 1 aromatic carbocycles. The summed E-state index contributed by atoms with van der Waals surface area (Å²) in [6, 6.07) is 7.39. The molecule has 2 rings (SSSR count). The van der Waals surface area contributed by atoms with Gasteiger partial charge >= 0.3 is 0 Å². The molecular weight excluding hydrogens is 262 g/mol. The fourth-order valence-corrected chi connectivity index (χ4v) is 2.95. The molecule has 19 heavy (non-hydrogen) atoms. The molecule has 1 aromatic heterocycles. The summed E-state index contributed by atoms with van der Waals surface area (Å²) in [5, 5.41) is 0. The zero-order valence-corrected chi connectivity index (χ0v) is 11.6. The Morgan fingerprint density at radius 2 is 2.21 bits per heavy atom. The predicted octanol–water partition coefficient (Wildman–Crippen LogP) is 2.08. The van der Waals surface area contributed by atoms with Crippen molar-refractivity contribution < 1.29 is 8.42 Å². The van der Waals surface area contributed by atoms with Crippen molar-refractivity contribution in [1.29, 1.82) is 0 Å². The molecule has 0 spiro atoms. The van der Waals surface area contributed by atoms with Crippen molar-refractivity contribution in [2.45, 2.75) is 19.9 Å². The average Bonchev–Trinajstić information content (AvgIpc) is 2.81. The topological polar surface area (TPSA) is 64.0 Å². The maximum atomic E-state index is 11.7. The quantitative estimate of drug-likeness (QED) is 0.880. The van der Waals surface area contributed by atoms with Gasteiger partial charge in [-0.15, -0.1) is 0 Å². The van der Waals surface area contributed by atoms with Crippen LogP contribution in [-0.2, 0) is 16.6 Å². The minimum Gasteiger partial charge on any atom is -0.333 e. The second-order valence-electron chi connectivity index (χ2n) is 4.36. The first kappa shape index (κ1) is 13.6. The van der Waals surface area contributed by atoms with Crippen molar-refractivity contribution in [3.05, 3.63) is 48.5 Å². The lowest BCUT2D eigenvalue weighted by molar-refractivity contribution is 0.600. The maximum Gasteiger partial charge on any atom is 0.232 e. The van der Waals surface area contributed by atoms with Crippen LogP contribution in [0.2, 0.25) is 0 Å². The number of hydrogen-bond donors (Lipinski definition) is 1. The number of imidazole rings is 1. The van der Waals surface area contributed by atoms with Gasteiger partial charge in [0.15, 0.2) is 0 Å². The molecule has 0 saturated heterocycles. The van der Waals surface area contributed by atoms with Gasteiger partial charge in [-0.2, -0.15) is 0 Å². The highest BCUT2D eigenvalue weighted by Crippen LogP contribution is 2.13. The highest BCUT2D eigenvalue weighted by Gasteiger charge is 2.08. The number of hydrogen-bond acceptors (Lipinski definition) is 3. The van der Waals surface area contributed by atoms with E-state index >= 15 is 0 Å². The minimum absolute atomic E-state index is 0.138. The van der Waals surface area contributed by atoms with Crippen molar-refractivity contribution >= 4 is 15.7 Å². The molecule has 0 saturated carbocycles. The number of aromatic nitrogens is 2. The van der Waals surface area contributed by atoms with Crippen LogP contribution in [-0.4, -0.2) is 23.7 Å². The number of sulfonamides is 1. The molecule has 0 aliphatic carbocycles. The summed E-state index contributed by atoms with van der Waals surface area (Å²) in [5.74, 6) is 0.138. The van der Waals surface area contributed by atoms with Crippen molar-refractivity contribution in [2.24, 2.45) is 0 Å². The van der Waals surface area contributed by atoms with Gasteiger partial charge in [0.2, 0.25) is 10.0 Å². The third-order valence-electron chi connectivity index (χ3n) is 2.60. The molecule has 0 fully saturated rings. The maximum absolute atomic E-state index is 11.7. The standard InChI is InChI=1S/C13H17N3O2S/c1-2-8-19(17,18)15-13-5-3-4-12(9-13)10-16-7-6-14-11-16/h3-7,9,11,15H,2,8,10H2,1H3. The molecule has 1 N–H and O–H groups in total. The van der Waals surface area contributed by atoms with Gasteiger partial charge in [0.1, 0.15) is 0 Å². The van der Waals surface area contributed by atoms with Crippen LogP contribution in [0.15, 0.2) is 43.0 Å². The van der Waals surface area contributed by atoms with Crippen LogP contribution >= 0.6 is 0 Å². The smallest absolute Gasteiger partial charge is 0.232 e. The molecule has 0 atom stereocenters. The SMILES string of the molecule is CCCS(=O)(=O)Nc1cccc(Cn2ccnc2)c1. The van der Waals surface area contributed by atoms with Crippen LogP contribution in [0.25, 0.3) is 0 Å². The molecule has 102 valence electrons. The zero-order chi connectivity index (χ0) is 13.7. The first-order valence-electron chi connectivity index (χ1n) is 6.14. The van der Waals surface area contributed by atoms with E-state index in [4.69, 9.17) is 0 Å². The van der Waals surface area contributed by atoms with E-state index in [0.29, 0.717) is 18.7 Å². The summed E-state index contributed by atoms with van der Waals surface area (Å²) in [7, 11) is -3.23. The lowest BCUT2D eigenvalue weighted by Gasteiger charge is -2.09. The largest absolute Gasteiger partial charge is 0.333 e. The summed E-state index contributed by atoms with van der Waals surface area (Å²) in [5.41, 5.74) is 1.63. The number of rotatable bonds is 6. The highest BCUT2D eigenvalue weighted by atomic mass is 32.2. The number of nitrogens with one attached hydrogen (secondary N) is 1. The Bertz CT molecular complexity index is 621. The van der Waals surface area contributed by atoms with Gasteiger partial charge in [-0.3, -0.25) is 4.72 Å². The van der Waals surface area contributed by atoms with Gasteiger partial charge in [0.05, 0.1) is 12.1 Å². The van der Waals surface area contributed by atoms with Crippen LogP contribution in [0.5, 0.6) is 0 Å². The molecular formula is C13H17N3O2S. The molecule has 5 nitrogen and oxygen atoms in total. The molecule has 1 heterocycles. The van der Waals surface area contributed by atoms with Gasteiger partial charge in [0, 0.05) is 24.6 Å². The summed E-state index contributed by atoms with van der Waals surface area (Å²) in [6.07, 6.45) is 5.92. The Morgan fingerprint density at radius 1 is 1.37 bits per heavy atom. The van der Waals surface area contributed by atoms with E-state index in [1.54, 1.807) is 18.6 Å². The fraction of sp³-hybridized carbons (Fsp3) is 0.308. The Labute approximate surface area is 113 Å². The van der Waals surface area contributed by atoms with Gasteiger partial charge in [0.25, 0.3) is 0 Å². The number of anilines is 1. The fourth-order valence-electron chi connectivity index (χ4n) is 1.82. The summed E-state index contributed by atoms with van der Waals surface area (Å²) < 4.78 is 27.9. The first-order chi connectivity index (χ1) is 9.09. The third kappa shape index (κ3) is 4.10. The Kier molecular flexibility index (Phi) is 4.21. The molecule has 0 aliphatic rings. The highest BCUT2D eigenvalue weighted by molar-refractivity contribution is 7.92. The molecule has 0 aliphatic heterocycles. The van der Waals surface area contributed by atoms with Crippen molar-refractivity contribution in [2.75, 3.05) is 10.5 Å².